The summed E-state index contributed by atoms with van der Waals surface area (Å²) in [7, 11) is 1.56. The number of ether oxygens (including phenoxy) is 3. The Kier molecular flexibility index (Phi) is 6.28. The lowest BCUT2D eigenvalue weighted by Gasteiger charge is -2.23. The van der Waals surface area contributed by atoms with Crippen molar-refractivity contribution in [2.24, 2.45) is 0 Å². The van der Waals surface area contributed by atoms with E-state index in [0.717, 1.165) is 11.3 Å². The van der Waals surface area contributed by atoms with Gasteiger partial charge < -0.3 is 19.5 Å². The van der Waals surface area contributed by atoms with E-state index in [0.29, 0.717) is 18.0 Å². The van der Waals surface area contributed by atoms with E-state index in [4.69, 9.17) is 14.2 Å². The molecule has 0 unspecified atom stereocenters. The monoisotopic (exact) mass is 343 g/mol. The first-order valence-corrected chi connectivity index (χ1v) is 8.18. The molecule has 0 spiro atoms. The lowest BCUT2D eigenvalue weighted by Crippen LogP contribution is -2.29. The zero-order valence-corrected chi connectivity index (χ0v) is 15.2. The Balaban J connectivity index is 1.90. The fourth-order valence-corrected chi connectivity index (χ4v) is 2.21. The first kappa shape index (κ1) is 18.6. The maximum absolute atomic E-state index is 12.1. The molecule has 5 heteroatoms. The minimum absolute atomic E-state index is 0.0807. The number of nitrogens with one attached hydrogen (secondary N) is 1. The zero-order chi connectivity index (χ0) is 18.3. The van der Waals surface area contributed by atoms with Gasteiger partial charge in [-0.05, 0) is 39.0 Å². The summed E-state index contributed by atoms with van der Waals surface area (Å²) in [5.41, 5.74) is 0.621. The second-order valence-corrected chi connectivity index (χ2v) is 6.54. The standard InChI is InChI=1S/C20H25NO4/c1-20(2,3)25-16-10-6-5-9-15(16)13-21-19(22)14-24-18-12-8-7-11-17(18)23-4/h5-12H,13-14H2,1-4H3,(H,21,22). The van der Waals surface area contributed by atoms with Gasteiger partial charge in [0.2, 0.25) is 0 Å². The maximum atomic E-state index is 12.1. The highest BCUT2D eigenvalue weighted by molar-refractivity contribution is 5.77. The Morgan fingerprint density at radius 1 is 0.960 bits per heavy atom. The van der Waals surface area contributed by atoms with Crippen LogP contribution in [0, 0.1) is 0 Å². The topological polar surface area (TPSA) is 56.8 Å². The number of benzene rings is 2. The van der Waals surface area contributed by atoms with Crippen LogP contribution in [-0.4, -0.2) is 25.2 Å². The molecule has 0 saturated carbocycles. The van der Waals surface area contributed by atoms with E-state index in [2.05, 4.69) is 5.32 Å². The highest BCUT2D eigenvalue weighted by Crippen LogP contribution is 2.25. The van der Waals surface area contributed by atoms with E-state index in [1.54, 1.807) is 19.2 Å². The number of hydrogen-bond donors (Lipinski definition) is 1. The smallest absolute Gasteiger partial charge is 0.258 e. The normalized spacial score (nSPS) is 10.9. The predicted molar refractivity (Wildman–Crippen MR) is 97.2 cm³/mol. The largest absolute Gasteiger partial charge is 0.493 e. The summed E-state index contributed by atoms with van der Waals surface area (Å²) in [6.07, 6.45) is 0. The van der Waals surface area contributed by atoms with Crippen molar-refractivity contribution < 1.29 is 19.0 Å². The third-order valence-electron chi connectivity index (χ3n) is 3.29. The summed E-state index contributed by atoms with van der Waals surface area (Å²) in [4.78, 5) is 12.1. The molecule has 5 nitrogen and oxygen atoms in total. The summed E-state index contributed by atoms with van der Waals surface area (Å²) in [5, 5.41) is 2.85. The zero-order valence-electron chi connectivity index (χ0n) is 15.2. The van der Waals surface area contributed by atoms with Crippen LogP contribution >= 0.6 is 0 Å². The Morgan fingerprint density at radius 3 is 2.20 bits per heavy atom. The van der Waals surface area contributed by atoms with Crippen molar-refractivity contribution in [3.63, 3.8) is 0 Å². The molecular formula is C20H25NO4. The molecule has 0 atom stereocenters. The second-order valence-electron chi connectivity index (χ2n) is 6.54. The molecule has 0 aliphatic carbocycles. The van der Waals surface area contributed by atoms with Gasteiger partial charge in [0, 0.05) is 12.1 Å². The van der Waals surface area contributed by atoms with Crippen LogP contribution in [0.1, 0.15) is 26.3 Å². The van der Waals surface area contributed by atoms with Gasteiger partial charge >= 0.3 is 0 Å². The van der Waals surface area contributed by atoms with Crippen LogP contribution in [0.5, 0.6) is 17.2 Å². The summed E-state index contributed by atoms with van der Waals surface area (Å²) < 4.78 is 16.6. The number of carbonyl (C=O) groups excluding carboxylic acids is 1. The van der Waals surface area contributed by atoms with Crippen LogP contribution in [0.25, 0.3) is 0 Å². The van der Waals surface area contributed by atoms with E-state index < -0.39 is 0 Å². The molecule has 1 N–H and O–H groups in total. The molecule has 2 aromatic rings. The first-order valence-electron chi connectivity index (χ1n) is 8.18. The Morgan fingerprint density at radius 2 is 1.56 bits per heavy atom. The molecule has 0 saturated heterocycles. The Hall–Kier alpha value is -2.69. The minimum Gasteiger partial charge on any atom is -0.493 e. The summed E-state index contributed by atoms with van der Waals surface area (Å²) in [5.74, 6) is 1.69. The van der Waals surface area contributed by atoms with Crippen molar-refractivity contribution >= 4 is 5.91 Å². The SMILES string of the molecule is COc1ccccc1OCC(=O)NCc1ccccc1OC(C)(C)C. The van der Waals surface area contributed by atoms with Crippen molar-refractivity contribution in [3.8, 4) is 17.2 Å². The number of hydrogen-bond acceptors (Lipinski definition) is 4. The molecule has 0 aliphatic heterocycles. The molecule has 0 aromatic heterocycles. The average molecular weight is 343 g/mol. The fourth-order valence-electron chi connectivity index (χ4n) is 2.21. The van der Waals surface area contributed by atoms with Gasteiger partial charge in [0.1, 0.15) is 11.4 Å². The molecule has 0 bridgehead atoms. The maximum Gasteiger partial charge on any atom is 0.258 e. The highest BCUT2D eigenvalue weighted by atomic mass is 16.5. The molecular weight excluding hydrogens is 318 g/mol. The van der Waals surface area contributed by atoms with E-state index in [-0.39, 0.29) is 18.1 Å². The van der Waals surface area contributed by atoms with Gasteiger partial charge in [0.05, 0.1) is 7.11 Å². The van der Waals surface area contributed by atoms with Crippen LogP contribution in [0.15, 0.2) is 48.5 Å². The summed E-state index contributed by atoms with van der Waals surface area (Å²) >= 11 is 0. The number of para-hydroxylation sites is 3. The molecule has 2 rings (SSSR count). The molecule has 0 radical (unpaired) electrons. The van der Waals surface area contributed by atoms with Gasteiger partial charge in [-0.15, -0.1) is 0 Å². The lowest BCUT2D eigenvalue weighted by molar-refractivity contribution is -0.123. The summed E-state index contributed by atoms with van der Waals surface area (Å²) in [6, 6.07) is 14.9. The second kappa shape index (κ2) is 8.42. The number of carbonyl (C=O) groups is 1. The molecule has 25 heavy (non-hydrogen) atoms. The molecule has 134 valence electrons. The number of amides is 1. The molecule has 0 heterocycles. The minimum atomic E-state index is -0.299. The predicted octanol–water partition coefficient (Wildman–Crippen LogP) is 3.57. The van der Waals surface area contributed by atoms with Crippen molar-refractivity contribution in [2.45, 2.75) is 32.9 Å². The van der Waals surface area contributed by atoms with Crippen molar-refractivity contribution in [1.29, 1.82) is 0 Å². The molecule has 0 aliphatic rings. The molecule has 1 amide bonds. The first-order chi connectivity index (χ1) is 11.9. The quantitative estimate of drug-likeness (QED) is 0.835. The Labute approximate surface area is 148 Å². The fraction of sp³-hybridized carbons (Fsp3) is 0.350. The molecule has 2 aromatic carbocycles. The van der Waals surface area contributed by atoms with Gasteiger partial charge in [0.15, 0.2) is 18.1 Å². The van der Waals surface area contributed by atoms with Crippen LogP contribution in [0.4, 0.5) is 0 Å². The molecule has 0 fully saturated rings. The Bertz CT molecular complexity index is 707. The van der Waals surface area contributed by atoms with E-state index in [1.807, 2.05) is 57.2 Å². The van der Waals surface area contributed by atoms with Crippen molar-refractivity contribution in [1.82, 2.24) is 5.32 Å². The van der Waals surface area contributed by atoms with E-state index in [9.17, 15) is 4.79 Å². The highest BCUT2D eigenvalue weighted by Gasteiger charge is 2.15. The van der Waals surface area contributed by atoms with Gasteiger partial charge in [-0.25, -0.2) is 0 Å². The van der Waals surface area contributed by atoms with Gasteiger partial charge in [0.25, 0.3) is 5.91 Å². The number of methoxy groups -OCH3 is 1. The third-order valence-corrected chi connectivity index (χ3v) is 3.29. The van der Waals surface area contributed by atoms with Crippen LogP contribution in [0.3, 0.4) is 0 Å². The third kappa shape index (κ3) is 6.03. The van der Waals surface area contributed by atoms with Gasteiger partial charge in [-0.1, -0.05) is 30.3 Å². The van der Waals surface area contributed by atoms with E-state index in [1.165, 1.54) is 0 Å². The van der Waals surface area contributed by atoms with Crippen molar-refractivity contribution in [2.75, 3.05) is 13.7 Å². The van der Waals surface area contributed by atoms with Crippen LogP contribution in [0.2, 0.25) is 0 Å². The van der Waals surface area contributed by atoms with Crippen LogP contribution in [-0.2, 0) is 11.3 Å². The number of rotatable bonds is 7. The van der Waals surface area contributed by atoms with Gasteiger partial charge in [-0.2, -0.15) is 0 Å². The average Bonchev–Trinajstić information content (AvgIpc) is 2.58. The summed E-state index contributed by atoms with van der Waals surface area (Å²) in [6.45, 7) is 6.26. The van der Waals surface area contributed by atoms with Gasteiger partial charge in [-0.3, -0.25) is 4.79 Å². The van der Waals surface area contributed by atoms with Crippen LogP contribution < -0.4 is 19.5 Å². The van der Waals surface area contributed by atoms with Crippen molar-refractivity contribution in [3.05, 3.63) is 54.1 Å². The van der Waals surface area contributed by atoms with E-state index >= 15 is 0 Å². The lowest BCUT2D eigenvalue weighted by atomic mass is 10.1.